The van der Waals surface area contributed by atoms with Gasteiger partial charge in [0.25, 0.3) is 0 Å². The van der Waals surface area contributed by atoms with Crippen molar-refractivity contribution in [3.8, 4) is 0 Å². The SMILES string of the molecule is CSc1cc(Br)cc(C2(N=C=O)CCCC2)c1. The molecular weight excluding hydrogens is 298 g/mol. The lowest BCUT2D eigenvalue weighted by Crippen LogP contribution is -2.18. The topological polar surface area (TPSA) is 29.4 Å². The van der Waals surface area contributed by atoms with Gasteiger partial charge in [0.1, 0.15) is 0 Å². The van der Waals surface area contributed by atoms with Crippen LogP contribution in [0.25, 0.3) is 0 Å². The summed E-state index contributed by atoms with van der Waals surface area (Å²) < 4.78 is 1.05. The molecule has 4 heteroatoms. The first kappa shape index (κ1) is 12.9. The van der Waals surface area contributed by atoms with E-state index in [2.05, 4.69) is 45.4 Å². The van der Waals surface area contributed by atoms with Crippen LogP contribution in [0.4, 0.5) is 0 Å². The number of hydrogen-bond donors (Lipinski definition) is 0. The number of aliphatic imine (C=N–C) groups is 1. The highest BCUT2D eigenvalue weighted by Crippen LogP contribution is 2.43. The average molecular weight is 312 g/mol. The molecule has 0 bridgehead atoms. The van der Waals surface area contributed by atoms with Crippen LogP contribution < -0.4 is 0 Å². The zero-order valence-corrected chi connectivity index (χ0v) is 12.1. The van der Waals surface area contributed by atoms with Crippen molar-refractivity contribution in [2.75, 3.05) is 6.26 Å². The van der Waals surface area contributed by atoms with Gasteiger partial charge >= 0.3 is 0 Å². The number of nitrogens with zero attached hydrogens (tertiary/aromatic N) is 1. The largest absolute Gasteiger partial charge is 0.235 e. The van der Waals surface area contributed by atoms with E-state index in [-0.39, 0.29) is 5.54 Å². The van der Waals surface area contributed by atoms with Gasteiger partial charge in [0, 0.05) is 9.37 Å². The molecule has 1 aromatic rings. The van der Waals surface area contributed by atoms with E-state index in [1.807, 2.05) is 0 Å². The molecule has 0 saturated heterocycles. The van der Waals surface area contributed by atoms with Crippen molar-refractivity contribution in [1.29, 1.82) is 0 Å². The van der Waals surface area contributed by atoms with Crippen LogP contribution in [-0.2, 0) is 10.3 Å². The van der Waals surface area contributed by atoms with Crippen molar-refractivity contribution in [2.24, 2.45) is 4.99 Å². The number of carbonyl (C=O) groups excluding carboxylic acids is 1. The standard InChI is InChI=1S/C13H14BrNOS/c1-17-12-7-10(6-11(14)8-12)13(15-9-16)4-2-3-5-13/h6-8H,2-5H2,1H3. The Hall–Kier alpha value is -0.570. The predicted molar refractivity (Wildman–Crippen MR) is 74.2 cm³/mol. The molecule has 0 atom stereocenters. The summed E-state index contributed by atoms with van der Waals surface area (Å²) in [4.78, 5) is 16.0. The summed E-state index contributed by atoms with van der Waals surface area (Å²) in [7, 11) is 0. The molecule has 0 aliphatic heterocycles. The zero-order valence-electron chi connectivity index (χ0n) is 9.70. The minimum Gasteiger partial charge on any atom is -0.211 e. The molecule has 2 rings (SSSR count). The number of rotatable bonds is 3. The van der Waals surface area contributed by atoms with Gasteiger partial charge in [-0.1, -0.05) is 28.8 Å². The van der Waals surface area contributed by atoms with E-state index in [4.69, 9.17) is 0 Å². The highest BCUT2D eigenvalue weighted by atomic mass is 79.9. The second-order valence-electron chi connectivity index (χ2n) is 4.32. The lowest BCUT2D eigenvalue weighted by Gasteiger charge is -2.23. The van der Waals surface area contributed by atoms with E-state index in [1.54, 1.807) is 17.8 Å². The highest BCUT2D eigenvalue weighted by Gasteiger charge is 2.35. The van der Waals surface area contributed by atoms with E-state index < -0.39 is 0 Å². The Bertz CT molecular complexity index is 462. The number of benzene rings is 1. The summed E-state index contributed by atoms with van der Waals surface area (Å²) in [6, 6.07) is 6.30. The molecular formula is C13H14BrNOS. The Labute approximate surface area is 114 Å². The first-order valence-electron chi connectivity index (χ1n) is 5.64. The second kappa shape index (κ2) is 5.38. The monoisotopic (exact) mass is 311 g/mol. The maximum atomic E-state index is 10.7. The van der Waals surface area contributed by atoms with Gasteiger partial charge in [0.2, 0.25) is 6.08 Å². The molecule has 0 heterocycles. The molecule has 0 N–H and O–H groups in total. The van der Waals surface area contributed by atoms with Crippen molar-refractivity contribution < 1.29 is 4.79 Å². The smallest absolute Gasteiger partial charge is 0.211 e. The zero-order chi connectivity index (χ0) is 12.3. The van der Waals surface area contributed by atoms with Gasteiger partial charge in [-0.2, -0.15) is 4.99 Å². The third-order valence-corrected chi connectivity index (χ3v) is 4.50. The van der Waals surface area contributed by atoms with Crippen molar-refractivity contribution >= 4 is 33.8 Å². The minimum atomic E-state index is -0.323. The van der Waals surface area contributed by atoms with E-state index >= 15 is 0 Å². The van der Waals surface area contributed by atoms with E-state index in [1.165, 1.54) is 4.90 Å². The summed E-state index contributed by atoms with van der Waals surface area (Å²) in [6.45, 7) is 0. The normalized spacial score (nSPS) is 17.8. The van der Waals surface area contributed by atoms with Gasteiger partial charge in [0.05, 0.1) is 5.54 Å². The third-order valence-electron chi connectivity index (χ3n) is 3.33. The average Bonchev–Trinajstić information content (AvgIpc) is 2.78. The molecule has 1 aliphatic rings. The van der Waals surface area contributed by atoms with Gasteiger partial charge < -0.3 is 0 Å². The second-order valence-corrected chi connectivity index (χ2v) is 6.12. The molecule has 0 amide bonds. The molecule has 1 fully saturated rings. The quantitative estimate of drug-likeness (QED) is 0.474. The van der Waals surface area contributed by atoms with Crippen LogP contribution >= 0.6 is 27.7 Å². The van der Waals surface area contributed by atoms with E-state index in [9.17, 15) is 4.79 Å². The fourth-order valence-corrected chi connectivity index (χ4v) is 3.60. The molecule has 17 heavy (non-hydrogen) atoms. The Morgan fingerprint density at radius 3 is 2.65 bits per heavy atom. The summed E-state index contributed by atoms with van der Waals surface area (Å²) in [5.74, 6) is 0. The Morgan fingerprint density at radius 1 is 1.35 bits per heavy atom. The van der Waals surface area contributed by atoms with Crippen LogP contribution in [0.3, 0.4) is 0 Å². The maximum absolute atomic E-state index is 10.7. The van der Waals surface area contributed by atoms with Crippen LogP contribution in [0, 0.1) is 0 Å². The molecule has 1 aromatic carbocycles. The van der Waals surface area contributed by atoms with Crippen molar-refractivity contribution in [1.82, 2.24) is 0 Å². The van der Waals surface area contributed by atoms with E-state index in [0.29, 0.717) is 0 Å². The molecule has 90 valence electrons. The lowest BCUT2D eigenvalue weighted by molar-refractivity contribution is 0.455. The molecule has 0 aromatic heterocycles. The summed E-state index contributed by atoms with van der Waals surface area (Å²) in [5.41, 5.74) is 0.813. The predicted octanol–water partition coefficient (Wildman–Crippen LogP) is 4.28. The van der Waals surface area contributed by atoms with Crippen LogP contribution in [0.2, 0.25) is 0 Å². The van der Waals surface area contributed by atoms with E-state index in [0.717, 1.165) is 35.7 Å². The van der Waals surface area contributed by atoms with Gasteiger partial charge in [-0.3, -0.25) is 0 Å². The van der Waals surface area contributed by atoms with Crippen LogP contribution in [-0.4, -0.2) is 12.3 Å². The molecule has 1 aliphatic carbocycles. The fourth-order valence-electron chi connectivity index (χ4n) is 2.46. The van der Waals surface area contributed by atoms with Gasteiger partial charge in [0.15, 0.2) is 0 Å². The van der Waals surface area contributed by atoms with Crippen LogP contribution in [0.15, 0.2) is 32.6 Å². The van der Waals surface area contributed by atoms with Gasteiger partial charge in [-0.05, 0) is 42.9 Å². The first-order chi connectivity index (χ1) is 8.20. The Kier molecular flexibility index (Phi) is 4.08. The number of halogens is 1. The molecule has 0 radical (unpaired) electrons. The molecule has 0 spiro atoms. The summed E-state index contributed by atoms with van der Waals surface area (Å²) in [5, 5.41) is 0. The van der Waals surface area contributed by atoms with Gasteiger partial charge in [-0.15, -0.1) is 11.8 Å². The number of hydrogen-bond acceptors (Lipinski definition) is 3. The Morgan fingerprint density at radius 2 is 2.06 bits per heavy atom. The summed E-state index contributed by atoms with van der Waals surface area (Å²) >= 11 is 5.23. The lowest BCUT2D eigenvalue weighted by atomic mass is 9.89. The first-order valence-corrected chi connectivity index (χ1v) is 7.66. The van der Waals surface area contributed by atoms with Gasteiger partial charge in [-0.25, -0.2) is 4.79 Å². The maximum Gasteiger partial charge on any atom is 0.235 e. The minimum absolute atomic E-state index is 0.323. The van der Waals surface area contributed by atoms with Crippen LogP contribution in [0.1, 0.15) is 31.2 Å². The fraction of sp³-hybridized carbons (Fsp3) is 0.462. The Balaban J connectivity index is 2.49. The van der Waals surface area contributed by atoms with Crippen molar-refractivity contribution in [3.05, 3.63) is 28.2 Å². The van der Waals surface area contributed by atoms with Crippen LogP contribution in [0.5, 0.6) is 0 Å². The molecule has 1 saturated carbocycles. The number of thioether (sulfide) groups is 1. The third kappa shape index (κ3) is 2.65. The number of isocyanates is 1. The molecule has 2 nitrogen and oxygen atoms in total. The van der Waals surface area contributed by atoms with Crippen molar-refractivity contribution in [2.45, 2.75) is 36.1 Å². The summed E-state index contributed by atoms with van der Waals surface area (Å²) in [6.07, 6.45) is 7.97. The van der Waals surface area contributed by atoms with Crippen molar-refractivity contribution in [3.63, 3.8) is 0 Å². The highest BCUT2D eigenvalue weighted by molar-refractivity contribution is 9.10. The molecule has 0 unspecified atom stereocenters.